The van der Waals surface area contributed by atoms with Crippen LogP contribution in [0.3, 0.4) is 0 Å². The number of aromatic nitrogens is 2. The average molecular weight is 410 g/mol. The van der Waals surface area contributed by atoms with E-state index >= 15 is 0 Å². The van der Waals surface area contributed by atoms with E-state index in [1.807, 2.05) is 0 Å². The molecule has 1 saturated carbocycles. The molecule has 1 amide bonds. The molecule has 0 bridgehead atoms. The Bertz CT molecular complexity index is 887. The Balaban J connectivity index is 1.66. The molecule has 10 heteroatoms. The van der Waals surface area contributed by atoms with E-state index < -0.39 is 21.9 Å². The Labute approximate surface area is 162 Å². The summed E-state index contributed by atoms with van der Waals surface area (Å²) in [5.74, 6) is -0.995. The molecular weight excluding hydrogens is 387 g/mol. The van der Waals surface area contributed by atoms with Crippen LogP contribution in [0.5, 0.6) is 0 Å². The van der Waals surface area contributed by atoms with E-state index in [1.165, 1.54) is 19.2 Å². The Morgan fingerprint density at radius 3 is 2.68 bits per heavy atom. The molecule has 1 heterocycles. The molecule has 1 aromatic carbocycles. The molecule has 0 saturated heterocycles. The summed E-state index contributed by atoms with van der Waals surface area (Å²) in [6.45, 7) is 0.328. The Kier molecular flexibility index (Phi) is 6.42. The van der Waals surface area contributed by atoms with Crippen LogP contribution in [0, 0.1) is 11.7 Å². The number of rotatable bonds is 7. The van der Waals surface area contributed by atoms with Gasteiger partial charge >= 0.3 is 0 Å². The molecule has 1 aliphatic carbocycles. The molecule has 3 N–H and O–H groups in total. The number of hydrogen-bond donors (Lipinski definition) is 3. The molecule has 0 radical (unpaired) electrons. The Hall–Kier alpha value is -2.30. The number of amides is 1. The zero-order chi connectivity index (χ0) is 20.1. The van der Waals surface area contributed by atoms with Crippen molar-refractivity contribution in [2.75, 3.05) is 7.11 Å². The molecule has 0 unspecified atom stereocenters. The van der Waals surface area contributed by atoms with Crippen LogP contribution in [-0.2, 0) is 26.1 Å². The van der Waals surface area contributed by atoms with Crippen LogP contribution in [0.1, 0.15) is 25.0 Å². The summed E-state index contributed by atoms with van der Waals surface area (Å²) in [6.07, 6.45) is 2.73. The molecule has 2 aromatic rings. The van der Waals surface area contributed by atoms with E-state index in [1.54, 1.807) is 12.3 Å². The molecule has 152 valence electrons. The number of aromatic amines is 1. The molecule has 3 atom stereocenters. The van der Waals surface area contributed by atoms with Crippen LogP contribution in [0.15, 0.2) is 41.4 Å². The predicted molar refractivity (Wildman–Crippen MR) is 99.1 cm³/mol. The van der Waals surface area contributed by atoms with E-state index in [4.69, 9.17) is 4.74 Å². The van der Waals surface area contributed by atoms with Gasteiger partial charge in [-0.1, -0.05) is 0 Å². The van der Waals surface area contributed by atoms with Crippen LogP contribution >= 0.6 is 0 Å². The fraction of sp³-hybridized carbons (Fsp3) is 0.444. The maximum absolute atomic E-state index is 13.1. The third-order valence-electron chi connectivity index (χ3n) is 4.90. The second kappa shape index (κ2) is 8.80. The van der Waals surface area contributed by atoms with Gasteiger partial charge < -0.3 is 10.1 Å². The van der Waals surface area contributed by atoms with Crippen LogP contribution in [0.2, 0.25) is 0 Å². The summed E-state index contributed by atoms with van der Waals surface area (Å²) in [5.41, 5.74) is 0.785. The minimum Gasteiger partial charge on any atom is -0.380 e. The van der Waals surface area contributed by atoms with Crippen LogP contribution in [0.4, 0.5) is 4.39 Å². The van der Waals surface area contributed by atoms with E-state index in [2.05, 4.69) is 20.2 Å². The number of benzene rings is 1. The summed E-state index contributed by atoms with van der Waals surface area (Å²) in [4.78, 5) is 12.5. The number of hydrogen-bond acceptors (Lipinski definition) is 5. The van der Waals surface area contributed by atoms with Gasteiger partial charge in [0.25, 0.3) is 0 Å². The van der Waals surface area contributed by atoms with Crippen molar-refractivity contribution in [2.24, 2.45) is 5.92 Å². The van der Waals surface area contributed by atoms with Crippen molar-refractivity contribution in [3.63, 3.8) is 0 Å². The van der Waals surface area contributed by atoms with Gasteiger partial charge in [-0.3, -0.25) is 9.89 Å². The smallest absolute Gasteiger partial charge is 0.240 e. The second-order valence-corrected chi connectivity index (χ2v) is 8.48. The van der Waals surface area contributed by atoms with E-state index in [0.29, 0.717) is 25.8 Å². The van der Waals surface area contributed by atoms with Crippen molar-refractivity contribution in [3.8, 4) is 0 Å². The van der Waals surface area contributed by atoms with E-state index in [0.717, 1.165) is 17.8 Å². The van der Waals surface area contributed by atoms with Crippen molar-refractivity contribution in [2.45, 2.75) is 42.8 Å². The standard InChI is InChI=1S/C18H23FN4O4S/c1-27-17-7-2-12(18(24)20-11-14-8-9-21-22-14)10-16(17)23-28(25,26)15-5-3-13(19)4-6-15/h3-6,8-9,12,16-17,23H,2,7,10-11H2,1H3,(H,20,24)(H,21,22)/t12-,16+,17+/m0/s1. The van der Waals surface area contributed by atoms with E-state index in [-0.39, 0.29) is 22.8 Å². The lowest BCUT2D eigenvalue weighted by atomic mass is 9.83. The summed E-state index contributed by atoms with van der Waals surface area (Å²) in [6, 6.07) is 5.80. The average Bonchev–Trinajstić information content (AvgIpc) is 3.19. The van der Waals surface area contributed by atoms with Crippen molar-refractivity contribution in [1.82, 2.24) is 20.2 Å². The van der Waals surface area contributed by atoms with Gasteiger partial charge in [-0.25, -0.2) is 17.5 Å². The van der Waals surface area contributed by atoms with Gasteiger partial charge in [0.05, 0.1) is 23.2 Å². The van der Waals surface area contributed by atoms with Crippen molar-refractivity contribution in [3.05, 3.63) is 48.0 Å². The van der Waals surface area contributed by atoms with Crippen LogP contribution in [-0.4, -0.2) is 43.8 Å². The predicted octanol–water partition coefficient (Wildman–Crippen LogP) is 1.33. The zero-order valence-electron chi connectivity index (χ0n) is 15.4. The van der Waals surface area contributed by atoms with Crippen LogP contribution in [0.25, 0.3) is 0 Å². The van der Waals surface area contributed by atoms with Gasteiger partial charge in [0, 0.05) is 25.3 Å². The molecular formula is C18H23FN4O4S. The van der Waals surface area contributed by atoms with Crippen LogP contribution < -0.4 is 10.0 Å². The number of H-pyrrole nitrogens is 1. The maximum Gasteiger partial charge on any atom is 0.240 e. The summed E-state index contributed by atoms with van der Waals surface area (Å²) >= 11 is 0. The normalized spacial score (nSPS) is 22.7. The first-order valence-electron chi connectivity index (χ1n) is 8.95. The molecule has 3 rings (SSSR count). The number of carbonyl (C=O) groups is 1. The first-order chi connectivity index (χ1) is 13.4. The topological polar surface area (TPSA) is 113 Å². The molecule has 0 spiro atoms. The fourth-order valence-electron chi connectivity index (χ4n) is 3.38. The quantitative estimate of drug-likeness (QED) is 0.637. The largest absolute Gasteiger partial charge is 0.380 e. The van der Waals surface area contributed by atoms with Crippen molar-refractivity contribution in [1.29, 1.82) is 0 Å². The number of ether oxygens (including phenoxy) is 1. The maximum atomic E-state index is 13.1. The SMILES string of the molecule is CO[C@@H]1CC[C@H](C(=O)NCc2ccn[nH]2)C[C@H]1NS(=O)(=O)c1ccc(F)cc1. The highest BCUT2D eigenvalue weighted by Gasteiger charge is 2.36. The molecule has 1 fully saturated rings. The highest BCUT2D eigenvalue weighted by atomic mass is 32.2. The monoisotopic (exact) mass is 410 g/mol. The van der Waals surface area contributed by atoms with Crippen molar-refractivity contribution >= 4 is 15.9 Å². The number of sulfonamides is 1. The van der Waals surface area contributed by atoms with Gasteiger partial charge in [-0.05, 0) is 49.6 Å². The third-order valence-corrected chi connectivity index (χ3v) is 6.41. The highest BCUT2D eigenvalue weighted by Crippen LogP contribution is 2.28. The minimum absolute atomic E-state index is 0.0328. The van der Waals surface area contributed by atoms with Gasteiger partial charge in [0.1, 0.15) is 5.82 Å². The number of halogens is 1. The summed E-state index contributed by atoms with van der Waals surface area (Å²) < 4.78 is 46.4. The lowest BCUT2D eigenvalue weighted by Crippen LogP contribution is -2.50. The first-order valence-corrected chi connectivity index (χ1v) is 10.4. The van der Waals surface area contributed by atoms with Gasteiger partial charge in [0.15, 0.2) is 0 Å². The fourth-order valence-corrected chi connectivity index (χ4v) is 4.65. The molecule has 0 aliphatic heterocycles. The van der Waals surface area contributed by atoms with E-state index in [9.17, 15) is 17.6 Å². The van der Waals surface area contributed by atoms with Gasteiger partial charge in [0.2, 0.25) is 15.9 Å². The third kappa shape index (κ3) is 4.94. The highest BCUT2D eigenvalue weighted by molar-refractivity contribution is 7.89. The molecule has 1 aliphatic rings. The Morgan fingerprint density at radius 2 is 2.04 bits per heavy atom. The molecule has 28 heavy (non-hydrogen) atoms. The zero-order valence-corrected chi connectivity index (χ0v) is 16.2. The first kappa shape index (κ1) is 20.4. The second-order valence-electron chi connectivity index (χ2n) is 6.77. The lowest BCUT2D eigenvalue weighted by molar-refractivity contribution is -0.127. The van der Waals surface area contributed by atoms with Gasteiger partial charge in [-0.15, -0.1) is 0 Å². The number of methoxy groups -OCH3 is 1. The minimum atomic E-state index is -3.86. The summed E-state index contributed by atoms with van der Waals surface area (Å²) in [7, 11) is -2.34. The van der Waals surface area contributed by atoms with Crippen molar-refractivity contribution < 1.29 is 22.3 Å². The number of nitrogens with zero attached hydrogens (tertiary/aromatic N) is 1. The number of nitrogens with one attached hydrogen (secondary N) is 3. The molecule has 1 aromatic heterocycles. The summed E-state index contributed by atoms with van der Waals surface area (Å²) in [5, 5.41) is 9.44. The van der Waals surface area contributed by atoms with Gasteiger partial charge in [-0.2, -0.15) is 5.10 Å². The number of carbonyl (C=O) groups excluding carboxylic acids is 1. The Morgan fingerprint density at radius 1 is 1.29 bits per heavy atom. The molecule has 8 nitrogen and oxygen atoms in total. The lowest BCUT2D eigenvalue weighted by Gasteiger charge is -2.35.